The van der Waals surface area contributed by atoms with Gasteiger partial charge >= 0.3 is 0 Å². The summed E-state index contributed by atoms with van der Waals surface area (Å²) in [6, 6.07) is 1.83. The Morgan fingerprint density at radius 3 is 3.11 bits per heavy atom. The van der Waals surface area contributed by atoms with E-state index < -0.39 is 0 Å². The van der Waals surface area contributed by atoms with E-state index in [1.165, 1.54) is 6.33 Å². The molecular weight excluding hydrogens is 230 g/mol. The predicted molar refractivity (Wildman–Crippen MR) is 69.8 cm³/mol. The molecule has 0 saturated carbocycles. The molecule has 1 fully saturated rings. The van der Waals surface area contributed by atoms with Crippen LogP contribution in [0.15, 0.2) is 12.4 Å². The lowest BCUT2D eigenvalue weighted by Crippen LogP contribution is -2.23. The monoisotopic (exact) mass is 251 g/mol. The van der Waals surface area contributed by atoms with Crippen molar-refractivity contribution < 1.29 is 9.47 Å². The van der Waals surface area contributed by atoms with Crippen molar-refractivity contribution in [2.45, 2.75) is 32.8 Å². The second-order valence-electron chi connectivity index (χ2n) is 4.42. The van der Waals surface area contributed by atoms with Crippen LogP contribution in [-0.4, -0.2) is 35.8 Å². The van der Waals surface area contributed by atoms with Crippen molar-refractivity contribution in [3.8, 4) is 5.88 Å². The minimum Gasteiger partial charge on any atom is -0.478 e. The summed E-state index contributed by atoms with van der Waals surface area (Å²) in [6.07, 6.45) is 4.09. The molecule has 2 atom stereocenters. The molecule has 0 spiro atoms. The normalized spacial score (nSPS) is 23.0. The predicted octanol–water partition coefficient (Wildman–Crippen LogP) is 2.10. The highest BCUT2D eigenvalue weighted by Gasteiger charge is 2.26. The topological polar surface area (TPSA) is 56.3 Å². The van der Waals surface area contributed by atoms with Gasteiger partial charge in [-0.05, 0) is 19.8 Å². The molecule has 1 aromatic heterocycles. The number of rotatable bonds is 6. The van der Waals surface area contributed by atoms with Gasteiger partial charge in [0.25, 0.3) is 0 Å². The first-order valence-corrected chi connectivity index (χ1v) is 6.63. The molecule has 5 heteroatoms. The largest absolute Gasteiger partial charge is 0.478 e. The Bertz CT molecular complexity index is 373. The van der Waals surface area contributed by atoms with Gasteiger partial charge in [0.05, 0.1) is 12.7 Å². The summed E-state index contributed by atoms with van der Waals surface area (Å²) in [5, 5.41) is 3.34. The van der Waals surface area contributed by atoms with Gasteiger partial charge in [-0.2, -0.15) is 0 Å². The Kier molecular flexibility index (Phi) is 4.75. The molecule has 100 valence electrons. The van der Waals surface area contributed by atoms with Gasteiger partial charge in [-0.3, -0.25) is 0 Å². The Labute approximate surface area is 108 Å². The fraction of sp³-hybridized carbons (Fsp3) is 0.692. The summed E-state index contributed by atoms with van der Waals surface area (Å²) in [4.78, 5) is 8.23. The van der Waals surface area contributed by atoms with E-state index in [-0.39, 0.29) is 0 Å². The highest BCUT2D eigenvalue weighted by atomic mass is 16.5. The quantitative estimate of drug-likeness (QED) is 0.839. The van der Waals surface area contributed by atoms with Crippen molar-refractivity contribution in [3.63, 3.8) is 0 Å². The molecule has 0 bridgehead atoms. The van der Waals surface area contributed by atoms with E-state index in [0.29, 0.717) is 24.5 Å². The standard InChI is InChI=1S/C13H21N3O2/c1-3-11-10(5-6-18-11)8-14-12-7-13(17-4-2)16-9-15-12/h7,9-11H,3-6,8H2,1-2H3,(H,14,15,16). The number of hydrogen-bond donors (Lipinski definition) is 1. The van der Waals surface area contributed by atoms with Gasteiger partial charge < -0.3 is 14.8 Å². The molecule has 0 radical (unpaired) electrons. The average molecular weight is 251 g/mol. The molecule has 0 aliphatic carbocycles. The molecule has 1 aliphatic heterocycles. The Balaban J connectivity index is 1.87. The molecule has 5 nitrogen and oxygen atoms in total. The van der Waals surface area contributed by atoms with Gasteiger partial charge in [-0.25, -0.2) is 9.97 Å². The van der Waals surface area contributed by atoms with Gasteiger partial charge in [0.15, 0.2) is 0 Å². The number of nitrogens with one attached hydrogen (secondary N) is 1. The van der Waals surface area contributed by atoms with Crippen LogP contribution in [0.4, 0.5) is 5.82 Å². The zero-order valence-electron chi connectivity index (χ0n) is 11.1. The van der Waals surface area contributed by atoms with Crippen LogP contribution >= 0.6 is 0 Å². The SMILES string of the molecule is CCOc1cc(NCC2CCOC2CC)ncn1. The van der Waals surface area contributed by atoms with Crippen molar-refractivity contribution in [3.05, 3.63) is 12.4 Å². The fourth-order valence-electron chi connectivity index (χ4n) is 2.28. The lowest BCUT2D eigenvalue weighted by atomic mass is 10.00. The molecule has 2 rings (SSSR count). The zero-order valence-corrected chi connectivity index (χ0v) is 11.1. The van der Waals surface area contributed by atoms with Gasteiger partial charge in [-0.1, -0.05) is 6.92 Å². The molecule has 1 aliphatic rings. The maximum atomic E-state index is 5.67. The zero-order chi connectivity index (χ0) is 12.8. The Morgan fingerprint density at radius 1 is 1.44 bits per heavy atom. The van der Waals surface area contributed by atoms with Crippen LogP contribution in [0, 0.1) is 5.92 Å². The van der Waals surface area contributed by atoms with Crippen LogP contribution in [0.1, 0.15) is 26.7 Å². The summed E-state index contributed by atoms with van der Waals surface area (Å²) >= 11 is 0. The smallest absolute Gasteiger partial charge is 0.218 e. The third-order valence-electron chi connectivity index (χ3n) is 3.23. The lowest BCUT2D eigenvalue weighted by Gasteiger charge is -2.17. The van der Waals surface area contributed by atoms with Crippen molar-refractivity contribution in [1.82, 2.24) is 9.97 Å². The highest BCUT2D eigenvalue weighted by molar-refractivity contribution is 5.37. The molecule has 2 heterocycles. The molecule has 1 saturated heterocycles. The maximum absolute atomic E-state index is 5.67. The van der Waals surface area contributed by atoms with Crippen LogP contribution in [-0.2, 0) is 4.74 Å². The van der Waals surface area contributed by atoms with Gasteiger partial charge in [-0.15, -0.1) is 0 Å². The number of aromatic nitrogens is 2. The van der Waals surface area contributed by atoms with Crippen LogP contribution in [0.5, 0.6) is 5.88 Å². The molecule has 0 aromatic carbocycles. The summed E-state index contributed by atoms with van der Waals surface area (Å²) in [5.74, 6) is 2.00. The molecular formula is C13H21N3O2. The number of anilines is 1. The van der Waals surface area contributed by atoms with E-state index in [9.17, 15) is 0 Å². The van der Waals surface area contributed by atoms with Gasteiger partial charge in [0, 0.05) is 25.1 Å². The van der Waals surface area contributed by atoms with E-state index in [1.807, 2.05) is 13.0 Å². The minimum absolute atomic E-state index is 0.380. The summed E-state index contributed by atoms with van der Waals surface area (Å²) in [5.41, 5.74) is 0. The van der Waals surface area contributed by atoms with Gasteiger partial charge in [0.1, 0.15) is 12.1 Å². The van der Waals surface area contributed by atoms with Crippen molar-refractivity contribution in [1.29, 1.82) is 0 Å². The second kappa shape index (κ2) is 6.54. The molecule has 2 unspecified atom stereocenters. The number of hydrogen-bond acceptors (Lipinski definition) is 5. The van der Waals surface area contributed by atoms with Crippen LogP contribution in [0.2, 0.25) is 0 Å². The van der Waals surface area contributed by atoms with E-state index in [1.54, 1.807) is 0 Å². The summed E-state index contributed by atoms with van der Waals surface area (Å²) < 4.78 is 11.0. The number of ether oxygens (including phenoxy) is 2. The first-order valence-electron chi connectivity index (χ1n) is 6.63. The Hall–Kier alpha value is -1.36. The van der Waals surface area contributed by atoms with Crippen LogP contribution in [0.25, 0.3) is 0 Å². The average Bonchev–Trinajstić information content (AvgIpc) is 2.84. The highest BCUT2D eigenvalue weighted by Crippen LogP contribution is 2.23. The molecule has 18 heavy (non-hydrogen) atoms. The van der Waals surface area contributed by atoms with Crippen molar-refractivity contribution >= 4 is 5.82 Å². The maximum Gasteiger partial charge on any atom is 0.218 e. The van der Waals surface area contributed by atoms with Crippen molar-refractivity contribution in [2.75, 3.05) is 25.1 Å². The summed E-state index contributed by atoms with van der Waals surface area (Å²) in [6.45, 7) is 6.49. The first kappa shape index (κ1) is 13.1. The van der Waals surface area contributed by atoms with Gasteiger partial charge in [0.2, 0.25) is 5.88 Å². The summed E-state index contributed by atoms with van der Waals surface area (Å²) in [7, 11) is 0. The third kappa shape index (κ3) is 3.32. The lowest BCUT2D eigenvalue weighted by molar-refractivity contribution is 0.0900. The number of nitrogens with zero attached hydrogens (tertiary/aromatic N) is 2. The first-order chi connectivity index (χ1) is 8.83. The van der Waals surface area contributed by atoms with E-state index in [2.05, 4.69) is 22.2 Å². The van der Waals surface area contributed by atoms with Crippen molar-refractivity contribution in [2.24, 2.45) is 5.92 Å². The third-order valence-corrected chi connectivity index (χ3v) is 3.23. The molecule has 0 amide bonds. The Morgan fingerprint density at radius 2 is 2.33 bits per heavy atom. The fourth-order valence-corrected chi connectivity index (χ4v) is 2.28. The molecule has 1 aromatic rings. The minimum atomic E-state index is 0.380. The van der Waals surface area contributed by atoms with Crippen LogP contribution < -0.4 is 10.1 Å². The second-order valence-corrected chi connectivity index (χ2v) is 4.42. The van der Waals surface area contributed by atoms with E-state index >= 15 is 0 Å². The van der Waals surface area contributed by atoms with Crippen LogP contribution in [0.3, 0.4) is 0 Å². The van der Waals surface area contributed by atoms with E-state index in [4.69, 9.17) is 9.47 Å². The van der Waals surface area contributed by atoms with E-state index in [0.717, 1.165) is 31.8 Å². The molecule has 1 N–H and O–H groups in total.